The number of carbonyl (C=O) groups is 1. The number of benzene rings is 4. The van der Waals surface area contributed by atoms with Crippen molar-refractivity contribution in [2.75, 3.05) is 29.4 Å². The van der Waals surface area contributed by atoms with E-state index >= 15 is 0 Å². The van der Waals surface area contributed by atoms with Gasteiger partial charge < -0.3 is 19.3 Å². The predicted octanol–water partition coefficient (Wildman–Crippen LogP) is 11.9. The monoisotopic (exact) mass is 670 g/mol. The number of esters is 1. The molecule has 4 aromatic carbocycles. The van der Waals surface area contributed by atoms with Crippen molar-refractivity contribution in [3.63, 3.8) is 0 Å². The number of aryl methyl sites for hydroxylation is 1. The van der Waals surface area contributed by atoms with Crippen molar-refractivity contribution in [2.45, 2.75) is 109 Å². The second kappa shape index (κ2) is 15.7. The van der Waals surface area contributed by atoms with E-state index < -0.39 is 5.60 Å². The molecule has 3 aliphatic heterocycles. The quantitative estimate of drug-likeness (QED) is 0.0876. The highest BCUT2D eigenvalue weighted by Gasteiger charge is 2.53. The van der Waals surface area contributed by atoms with E-state index in [1.165, 1.54) is 94.0 Å². The molecule has 0 saturated heterocycles. The SMILES string of the molecule is CCCCCCCCN(CCCCCCCC)c1ccc2c(c1)Oc1ccc(N3CCCc4ccccc43)cc1C21OC(=O)c2ccccc21. The van der Waals surface area contributed by atoms with Crippen LogP contribution in [0.2, 0.25) is 0 Å². The summed E-state index contributed by atoms with van der Waals surface area (Å²) in [5.41, 5.74) is 7.08. The fourth-order valence-electron chi connectivity index (χ4n) is 8.35. The van der Waals surface area contributed by atoms with Crippen molar-refractivity contribution in [2.24, 2.45) is 0 Å². The second-order valence-electron chi connectivity index (χ2n) is 14.5. The minimum Gasteiger partial charge on any atom is -0.456 e. The second-order valence-corrected chi connectivity index (χ2v) is 14.5. The zero-order valence-corrected chi connectivity index (χ0v) is 30.2. The first-order valence-electron chi connectivity index (χ1n) is 19.5. The van der Waals surface area contributed by atoms with E-state index in [-0.39, 0.29) is 5.97 Å². The molecule has 7 rings (SSSR count). The lowest BCUT2D eigenvalue weighted by Crippen LogP contribution is -2.34. The van der Waals surface area contributed by atoms with Gasteiger partial charge in [0.1, 0.15) is 11.5 Å². The van der Waals surface area contributed by atoms with Gasteiger partial charge in [0.2, 0.25) is 0 Å². The standard InChI is InChI=1S/C45H54N2O3/c1-3-5-7-9-11-17-29-46(30-18-12-10-8-6-4-2)35-25-27-39-43(33-35)49-42-28-26-36(47-31-19-21-34-20-13-16-24-41(34)47)32-40(42)45(39)38-23-15-14-22-37(38)44(48)50-45/h13-16,20,22-28,32-33H,3-12,17-19,21,29-31H2,1-2H3. The maximum atomic E-state index is 13.6. The molecule has 0 saturated carbocycles. The first-order valence-corrected chi connectivity index (χ1v) is 19.5. The minimum atomic E-state index is -1.08. The lowest BCUT2D eigenvalue weighted by atomic mass is 9.77. The Balaban J connectivity index is 1.24. The van der Waals surface area contributed by atoms with Gasteiger partial charge in [0.25, 0.3) is 0 Å². The number of fused-ring (bicyclic) bond motifs is 7. The van der Waals surface area contributed by atoms with Gasteiger partial charge in [-0.25, -0.2) is 4.79 Å². The highest BCUT2D eigenvalue weighted by molar-refractivity contribution is 5.97. The average molecular weight is 671 g/mol. The normalized spacial score (nSPS) is 17.1. The van der Waals surface area contributed by atoms with Crippen molar-refractivity contribution in [1.29, 1.82) is 0 Å². The number of nitrogens with zero attached hydrogens (tertiary/aromatic N) is 2. The maximum Gasteiger partial charge on any atom is 0.340 e. The number of para-hydroxylation sites is 1. The first kappa shape index (κ1) is 34.2. The van der Waals surface area contributed by atoms with E-state index in [0.717, 1.165) is 66.4 Å². The number of hydrogen-bond acceptors (Lipinski definition) is 5. The van der Waals surface area contributed by atoms with Crippen molar-refractivity contribution in [1.82, 2.24) is 0 Å². The van der Waals surface area contributed by atoms with Crippen LogP contribution in [-0.2, 0) is 16.8 Å². The molecule has 4 aromatic rings. The third-order valence-corrected chi connectivity index (χ3v) is 11.0. The van der Waals surface area contributed by atoms with Gasteiger partial charge in [-0.05, 0) is 73.7 Å². The van der Waals surface area contributed by atoms with Crippen LogP contribution in [0.3, 0.4) is 0 Å². The molecule has 0 fully saturated rings. The number of hydrogen-bond donors (Lipinski definition) is 0. The number of ether oxygens (including phenoxy) is 2. The van der Waals surface area contributed by atoms with Gasteiger partial charge in [-0.1, -0.05) is 114 Å². The van der Waals surface area contributed by atoms with Crippen LogP contribution in [0, 0.1) is 0 Å². The lowest BCUT2D eigenvalue weighted by molar-refractivity contribution is 0.0224. The Hall–Kier alpha value is -4.25. The van der Waals surface area contributed by atoms with Gasteiger partial charge in [-0.15, -0.1) is 0 Å². The Bertz CT molecular complexity index is 1770. The smallest absolute Gasteiger partial charge is 0.340 e. The molecule has 0 bridgehead atoms. The van der Waals surface area contributed by atoms with Crippen LogP contribution in [-0.4, -0.2) is 25.6 Å². The Labute approximate surface area is 299 Å². The number of carbonyl (C=O) groups excluding carboxylic acids is 1. The number of anilines is 3. The fraction of sp³-hybridized carbons (Fsp3) is 0.444. The van der Waals surface area contributed by atoms with E-state index in [0.29, 0.717) is 5.56 Å². The zero-order chi connectivity index (χ0) is 34.3. The first-order chi connectivity index (χ1) is 24.6. The minimum absolute atomic E-state index is 0.287. The summed E-state index contributed by atoms with van der Waals surface area (Å²) >= 11 is 0. The molecule has 0 radical (unpaired) electrons. The summed E-state index contributed by atoms with van der Waals surface area (Å²) in [6.45, 7) is 7.58. The average Bonchev–Trinajstić information content (AvgIpc) is 3.45. The van der Waals surface area contributed by atoms with E-state index in [2.05, 4.69) is 90.4 Å². The summed E-state index contributed by atoms with van der Waals surface area (Å²) in [5, 5.41) is 0. The Morgan fingerprint density at radius 2 is 1.38 bits per heavy atom. The van der Waals surface area contributed by atoms with Crippen molar-refractivity contribution >= 4 is 23.0 Å². The summed E-state index contributed by atoms with van der Waals surface area (Å²) < 4.78 is 13.4. The molecule has 1 unspecified atom stereocenters. The van der Waals surface area contributed by atoms with Crippen LogP contribution < -0.4 is 14.5 Å². The van der Waals surface area contributed by atoms with E-state index in [4.69, 9.17) is 9.47 Å². The molecular weight excluding hydrogens is 617 g/mol. The fourth-order valence-corrected chi connectivity index (χ4v) is 8.35. The van der Waals surface area contributed by atoms with Crippen molar-refractivity contribution in [3.8, 4) is 11.5 Å². The molecule has 0 amide bonds. The van der Waals surface area contributed by atoms with Crippen LogP contribution in [0.15, 0.2) is 84.9 Å². The van der Waals surface area contributed by atoms with E-state index in [1.54, 1.807) is 0 Å². The molecule has 5 nitrogen and oxygen atoms in total. The molecule has 50 heavy (non-hydrogen) atoms. The largest absolute Gasteiger partial charge is 0.456 e. The van der Waals surface area contributed by atoms with Gasteiger partial charge in [-0.3, -0.25) is 0 Å². The van der Waals surface area contributed by atoms with Crippen molar-refractivity contribution < 1.29 is 14.3 Å². The Morgan fingerprint density at radius 3 is 2.16 bits per heavy atom. The van der Waals surface area contributed by atoms with Gasteiger partial charge in [0, 0.05) is 59.5 Å². The van der Waals surface area contributed by atoms with Crippen molar-refractivity contribution in [3.05, 3.63) is 113 Å². The molecule has 262 valence electrons. The summed E-state index contributed by atoms with van der Waals surface area (Å²) in [5.74, 6) is 1.23. The highest BCUT2D eigenvalue weighted by atomic mass is 16.6. The Kier molecular flexibility index (Phi) is 10.8. The van der Waals surface area contributed by atoms with Gasteiger partial charge in [0.15, 0.2) is 5.60 Å². The predicted molar refractivity (Wildman–Crippen MR) is 205 cm³/mol. The van der Waals surface area contributed by atoms with Gasteiger partial charge >= 0.3 is 5.97 Å². The summed E-state index contributed by atoms with van der Waals surface area (Å²) in [7, 11) is 0. The zero-order valence-electron chi connectivity index (χ0n) is 30.2. The van der Waals surface area contributed by atoms with Crippen LogP contribution in [0.5, 0.6) is 11.5 Å². The molecule has 0 aliphatic carbocycles. The van der Waals surface area contributed by atoms with Gasteiger partial charge in [-0.2, -0.15) is 0 Å². The Morgan fingerprint density at radius 1 is 0.680 bits per heavy atom. The third-order valence-electron chi connectivity index (χ3n) is 11.0. The third kappa shape index (κ3) is 6.76. The van der Waals surface area contributed by atoms with Crippen LogP contribution in [0.4, 0.5) is 17.1 Å². The lowest BCUT2D eigenvalue weighted by Gasteiger charge is -2.39. The maximum absolute atomic E-state index is 13.6. The molecule has 0 N–H and O–H groups in total. The molecule has 0 aromatic heterocycles. The van der Waals surface area contributed by atoms with E-state index in [9.17, 15) is 4.79 Å². The van der Waals surface area contributed by atoms with Gasteiger partial charge in [0.05, 0.1) is 5.56 Å². The highest BCUT2D eigenvalue weighted by Crippen LogP contribution is 2.57. The topological polar surface area (TPSA) is 42.0 Å². The van der Waals surface area contributed by atoms with E-state index in [1.807, 2.05) is 18.2 Å². The molecular formula is C45H54N2O3. The summed E-state index contributed by atoms with van der Waals surface area (Å²) in [6, 6.07) is 29.6. The molecule has 3 heterocycles. The molecule has 1 spiro atoms. The summed E-state index contributed by atoms with van der Waals surface area (Å²) in [4.78, 5) is 18.6. The molecule has 3 aliphatic rings. The van der Waals surface area contributed by atoms with Crippen LogP contribution >= 0.6 is 0 Å². The number of rotatable bonds is 16. The van der Waals surface area contributed by atoms with Crippen LogP contribution in [0.25, 0.3) is 0 Å². The molecule has 1 atom stereocenters. The molecule has 5 heteroatoms. The van der Waals surface area contributed by atoms with Crippen LogP contribution in [0.1, 0.15) is 130 Å². The number of unbranched alkanes of at least 4 members (excludes halogenated alkanes) is 10. The summed E-state index contributed by atoms with van der Waals surface area (Å²) in [6.07, 6.45) is 17.6.